The second-order valence-corrected chi connectivity index (χ2v) is 4.14. The minimum absolute atomic E-state index is 0.0965. The van der Waals surface area contributed by atoms with Crippen LogP contribution in [0.25, 0.3) is 0 Å². The first-order chi connectivity index (χ1) is 7.02. The topological polar surface area (TPSA) is 47.6 Å². The number of hydrogen-bond donors (Lipinski definition) is 1. The summed E-state index contributed by atoms with van der Waals surface area (Å²) < 4.78 is 10.3. The van der Waals surface area contributed by atoms with E-state index in [9.17, 15) is 4.79 Å². The highest BCUT2D eigenvalue weighted by Gasteiger charge is 2.16. The largest absolute Gasteiger partial charge is 0.375 e. The molecule has 0 aromatic rings. The minimum Gasteiger partial charge on any atom is -0.375 e. The first-order valence-corrected chi connectivity index (χ1v) is 5.41. The lowest BCUT2D eigenvalue weighted by Crippen LogP contribution is -2.33. The average molecular weight is 217 g/mol. The summed E-state index contributed by atoms with van der Waals surface area (Å²) in [6, 6.07) is 0. The maximum Gasteiger partial charge on any atom is 0.246 e. The molecule has 90 valence electrons. The Bertz CT molecular complexity index is 181. The van der Waals surface area contributed by atoms with Crippen molar-refractivity contribution in [2.45, 2.75) is 39.2 Å². The Morgan fingerprint density at radius 2 is 2.07 bits per heavy atom. The van der Waals surface area contributed by atoms with Crippen LogP contribution in [0.1, 0.15) is 33.6 Å². The summed E-state index contributed by atoms with van der Waals surface area (Å²) in [5.41, 5.74) is -0.0965. The summed E-state index contributed by atoms with van der Waals surface area (Å²) in [5, 5.41) is 2.71. The Kier molecular flexibility index (Phi) is 7.34. The van der Waals surface area contributed by atoms with Crippen molar-refractivity contribution in [3.8, 4) is 0 Å². The summed E-state index contributed by atoms with van der Waals surface area (Å²) in [6.07, 6.45) is 2.13. The van der Waals surface area contributed by atoms with Crippen molar-refractivity contribution in [3.05, 3.63) is 0 Å². The van der Waals surface area contributed by atoms with Crippen molar-refractivity contribution in [2.24, 2.45) is 0 Å². The fourth-order valence-corrected chi connectivity index (χ4v) is 1.37. The standard InChI is InChI=1S/C11H23NO3/c1-5-6-11(2,3)15-8-7-12-10(13)9-14-4/h5-9H2,1-4H3,(H,12,13). The van der Waals surface area contributed by atoms with E-state index in [1.807, 2.05) is 0 Å². The van der Waals surface area contributed by atoms with E-state index in [1.54, 1.807) is 0 Å². The van der Waals surface area contributed by atoms with Crippen LogP contribution in [0.5, 0.6) is 0 Å². The molecule has 0 atom stereocenters. The molecule has 0 aromatic carbocycles. The molecule has 0 aliphatic heterocycles. The maximum absolute atomic E-state index is 11.0. The smallest absolute Gasteiger partial charge is 0.246 e. The van der Waals surface area contributed by atoms with Crippen LogP contribution >= 0.6 is 0 Å². The van der Waals surface area contributed by atoms with Gasteiger partial charge in [-0.05, 0) is 20.3 Å². The normalized spacial score (nSPS) is 11.5. The molecule has 0 spiro atoms. The van der Waals surface area contributed by atoms with Crippen molar-refractivity contribution in [2.75, 3.05) is 26.9 Å². The van der Waals surface area contributed by atoms with E-state index in [-0.39, 0.29) is 18.1 Å². The summed E-state index contributed by atoms with van der Waals surface area (Å²) in [5.74, 6) is -0.102. The molecule has 0 rings (SSSR count). The van der Waals surface area contributed by atoms with Gasteiger partial charge in [-0.2, -0.15) is 0 Å². The molecule has 0 radical (unpaired) electrons. The molecule has 15 heavy (non-hydrogen) atoms. The summed E-state index contributed by atoms with van der Waals surface area (Å²) >= 11 is 0. The van der Waals surface area contributed by atoms with Gasteiger partial charge in [0, 0.05) is 13.7 Å². The zero-order valence-electron chi connectivity index (χ0n) is 10.3. The Morgan fingerprint density at radius 3 is 2.60 bits per heavy atom. The lowest BCUT2D eigenvalue weighted by atomic mass is 10.0. The second kappa shape index (κ2) is 7.65. The Hall–Kier alpha value is -0.610. The zero-order chi connectivity index (χ0) is 11.7. The molecule has 0 aliphatic carbocycles. The molecule has 4 heteroatoms. The summed E-state index contributed by atoms with van der Waals surface area (Å²) in [6.45, 7) is 7.45. The molecule has 0 bridgehead atoms. The SMILES string of the molecule is CCCC(C)(C)OCCNC(=O)COC. The number of methoxy groups -OCH3 is 1. The fourth-order valence-electron chi connectivity index (χ4n) is 1.37. The van der Waals surface area contributed by atoms with E-state index in [0.717, 1.165) is 12.8 Å². The highest BCUT2D eigenvalue weighted by Crippen LogP contribution is 2.15. The van der Waals surface area contributed by atoms with Crippen LogP contribution in [0.2, 0.25) is 0 Å². The van der Waals surface area contributed by atoms with Crippen molar-refractivity contribution in [1.82, 2.24) is 5.32 Å². The second-order valence-electron chi connectivity index (χ2n) is 4.14. The lowest BCUT2D eigenvalue weighted by molar-refractivity contribution is -0.125. The minimum atomic E-state index is -0.102. The Labute approximate surface area is 92.3 Å². The predicted octanol–water partition coefficient (Wildman–Crippen LogP) is 1.34. The molecule has 0 fully saturated rings. The van der Waals surface area contributed by atoms with Crippen molar-refractivity contribution in [1.29, 1.82) is 0 Å². The van der Waals surface area contributed by atoms with Gasteiger partial charge in [0.25, 0.3) is 0 Å². The third kappa shape index (κ3) is 8.39. The van der Waals surface area contributed by atoms with Gasteiger partial charge in [-0.15, -0.1) is 0 Å². The van der Waals surface area contributed by atoms with Crippen LogP contribution in [0.15, 0.2) is 0 Å². The number of nitrogens with one attached hydrogen (secondary N) is 1. The van der Waals surface area contributed by atoms with Gasteiger partial charge in [0.05, 0.1) is 12.2 Å². The van der Waals surface area contributed by atoms with Gasteiger partial charge in [0.2, 0.25) is 5.91 Å². The van der Waals surface area contributed by atoms with Gasteiger partial charge in [-0.25, -0.2) is 0 Å². The van der Waals surface area contributed by atoms with E-state index in [0.29, 0.717) is 13.2 Å². The Balaban J connectivity index is 3.49. The molecule has 0 aliphatic rings. The predicted molar refractivity (Wildman–Crippen MR) is 59.8 cm³/mol. The van der Waals surface area contributed by atoms with Crippen LogP contribution in [-0.4, -0.2) is 38.4 Å². The van der Waals surface area contributed by atoms with E-state index in [4.69, 9.17) is 4.74 Å². The van der Waals surface area contributed by atoms with E-state index in [2.05, 4.69) is 30.8 Å². The molecule has 0 saturated carbocycles. The van der Waals surface area contributed by atoms with Gasteiger partial charge < -0.3 is 14.8 Å². The molecule has 1 N–H and O–H groups in total. The summed E-state index contributed by atoms with van der Waals surface area (Å²) in [7, 11) is 1.50. The van der Waals surface area contributed by atoms with E-state index in [1.165, 1.54) is 7.11 Å². The van der Waals surface area contributed by atoms with Gasteiger partial charge in [-0.3, -0.25) is 4.79 Å². The number of ether oxygens (including phenoxy) is 2. The fraction of sp³-hybridized carbons (Fsp3) is 0.909. The highest BCUT2D eigenvalue weighted by molar-refractivity contribution is 5.77. The highest BCUT2D eigenvalue weighted by atomic mass is 16.5. The number of hydrogen-bond acceptors (Lipinski definition) is 3. The van der Waals surface area contributed by atoms with Crippen LogP contribution < -0.4 is 5.32 Å². The monoisotopic (exact) mass is 217 g/mol. The number of rotatable bonds is 8. The third-order valence-electron chi connectivity index (χ3n) is 2.04. The molecule has 0 aromatic heterocycles. The Morgan fingerprint density at radius 1 is 1.40 bits per heavy atom. The maximum atomic E-state index is 11.0. The third-order valence-corrected chi connectivity index (χ3v) is 2.04. The van der Waals surface area contributed by atoms with Crippen LogP contribution in [0.4, 0.5) is 0 Å². The van der Waals surface area contributed by atoms with E-state index < -0.39 is 0 Å². The summed E-state index contributed by atoms with van der Waals surface area (Å²) in [4.78, 5) is 11.0. The van der Waals surface area contributed by atoms with Gasteiger partial charge >= 0.3 is 0 Å². The number of carbonyl (C=O) groups is 1. The van der Waals surface area contributed by atoms with E-state index >= 15 is 0 Å². The van der Waals surface area contributed by atoms with Crippen LogP contribution in [-0.2, 0) is 14.3 Å². The average Bonchev–Trinajstić information content (AvgIpc) is 2.13. The first-order valence-electron chi connectivity index (χ1n) is 5.41. The van der Waals surface area contributed by atoms with Crippen molar-refractivity contribution >= 4 is 5.91 Å². The zero-order valence-corrected chi connectivity index (χ0v) is 10.3. The van der Waals surface area contributed by atoms with Crippen molar-refractivity contribution < 1.29 is 14.3 Å². The quantitative estimate of drug-likeness (QED) is 0.624. The molecule has 0 saturated heterocycles. The van der Waals surface area contributed by atoms with Gasteiger partial charge in [-0.1, -0.05) is 13.3 Å². The number of amides is 1. The number of carbonyl (C=O) groups excluding carboxylic acids is 1. The van der Waals surface area contributed by atoms with Crippen LogP contribution in [0, 0.1) is 0 Å². The molecular weight excluding hydrogens is 194 g/mol. The molecule has 4 nitrogen and oxygen atoms in total. The van der Waals surface area contributed by atoms with Crippen molar-refractivity contribution in [3.63, 3.8) is 0 Å². The first kappa shape index (κ1) is 14.4. The molecule has 0 unspecified atom stereocenters. The molecule has 1 amide bonds. The van der Waals surface area contributed by atoms with Gasteiger partial charge in [0.1, 0.15) is 6.61 Å². The molecular formula is C11H23NO3. The van der Waals surface area contributed by atoms with Gasteiger partial charge in [0.15, 0.2) is 0 Å². The molecule has 0 heterocycles. The lowest BCUT2D eigenvalue weighted by Gasteiger charge is -2.24. The van der Waals surface area contributed by atoms with Crippen LogP contribution in [0.3, 0.4) is 0 Å².